The third kappa shape index (κ3) is 3.73. The Bertz CT molecular complexity index is 377. The first-order valence-electron chi connectivity index (χ1n) is 5.82. The van der Waals surface area contributed by atoms with Crippen molar-refractivity contribution in [2.45, 2.75) is 39.7 Å². The number of nitrogens with zero attached hydrogens (tertiary/aromatic N) is 3. The molecule has 0 aromatic carbocycles. The number of hydrogen-bond donors (Lipinski definition) is 1. The topological polar surface area (TPSA) is 68.0 Å². The summed E-state index contributed by atoms with van der Waals surface area (Å²) in [6.45, 7) is 6.79. The van der Waals surface area contributed by atoms with E-state index in [9.17, 15) is 4.79 Å². The summed E-state index contributed by atoms with van der Waals surface area (Å²) in [5.74, 6) is 1.29. The second-order valence-electron chi connectivity index (χ2n) is 4.06. The van der Waals surface area contributed by atoms with Crippen LogP contribution in [0.15, 0.2) is 0 Å². The molecular weight excluding hydrogens is 238 g/mol. The first kappa shape index (κ1) is 14.0. The van der Waals surface area contributed by atoms with Crippen LogP contribution in [-0.2, 0) is 6.54 Å². The van der Waals surface area contributed by atoms with Crippen molar-refractivity contribution in [2.24, 2.45) is 0 Å². The van der Waals surface area contributed by atoms with Gasteiger partial charge in [-0.15, -0.1) is 5.10 Å². The molecule has 6 heteroatoms. The molecule has 1 heterocycles. The van der Waals surface area contributed by atoms with Crippen LogP contribution >= 0.6 is 11.8 Å². The van der Waals surface area contributed by atoms with E-state index in [0.717, 1.165) is 30.2 Å². The minimum absolute atomic E-state index is 0.0862. The van der Waals surface area contributed by atoms with Crippen LogP contribution in [0.1, 0.15) is 49.3 Å². The van der Waals surface area contributed by atoms with E-state index in [2.05, 4.69) is 17.2 Å². The Kier molecular flexibility index (Phi) is 5.47. The van der Waals surface area contributed by atoms with Crippen LogP contribution in [0.25, 0.3) is 0 Å². The number of rotatable bonds is 7. The highest BCUT2D eigenvalue weighted by atomic mass is 32.2. The number of hydrogen-bond acceptors (Lipinski definition) is 4. The summed E-state index contributed by atoms with van der Waals surface area (Å²) >= 11 is 1.88. The molecule has 0 unspecified atom stereocenters. The SMILES string of the molecule is CCSCCCn1nnc(C(=O)O)c1C(C)C. The molecule has 0 atom stereocenters. The smallest absolute Gasteiger partial charge is 0.358 e. The monoisotopic (exact) mass is 257 g/mol. The van der Waals surface area contributed by atoms with E-state index in [0.29, 0.717) is 0 Å². The molecule has 96 valence electrons. The van der Waals surface area contributed by atoms with E-state index in [1.165, 1.54) is 0 Å². The zero-order chi connectivity index (χ0) is 12.8. The highest BCUT2D eigenvalue weighted by Gasteiger charge is 2.20. The minimum atomic E-state index is -0.997. The summed E-state index contributed by atoms with van der Waals surface area (Å²) < 4.78 is 1.73. The van der Waals surface area contributed by atoms with Gasteiger partial charge in [-0.05, 0) is 23.8 Å². The van der Waals surface area contributed by atoms with Gasteiger partial charge in [0, 0.05) is 6.54 Å². The van der Waals surface area contributed by atoms with Gasteiger partial charge in [-0.3, -0.25) is 0 Å². The van der Waals surface area contributed by atoms with Crippen molar-refractivity contribution in [3.05, 3.63) is 11.4 Å². The molecule has 1 aromatic heterocycles. The number of thioether (sulfide) groups is 1. The normalized spacial score (nSPS) is 11.1. The zero-order valence-electron chi connectivity index (χ0n) is 10.5. The highest BCUT2D eigenvalue weighted by Crippen LogP contribution is 2.18. The van der Waals surface area contributed by atoms with E-state index in [4.69, 9.17) is 5.11 Å². The van der Waals surface area contributed by atoms with Crippen molar-refractivity contribution in [1.82, 2.24) is 15.0 Å². The van der Waals surface area contributed by atoms with Gasteiger partial charge in [-0.2, -0.15) is 11.8 Å². The predicted molar refractivity (Wildman–Crippen MR) is 68.7 cm³/mol. The van der Waals surface area contributed by atoms with Crippen LogP contribution in [0, 0.1) is 0 Å². The number of aromatic carboxylic acids is 1. The molecule has 17 heavy (non-hydrogen) atoms. The van der Waals surface area contributed by atoms with Crippen LogP contribution in [0.2, 0.25) is 0 Å². The van der Waals surface area contributed by atoms with Crippen LogP contribution in [0.4, 0.5) is 0 Å². The van der Waals surface area contributed by atoms with E-state index >= 15 is 0 Å². The van der Waals surface area contributed by atoms with Crippen molar-refractivity contribution >= 4 is 17.7 Å². The lowest BCUT2D eigenvalue weighted by atomic mass is 10.1. The Morgan fingerprint density at radius 3 is 2.76 bits per heavy atom. The Balaban J connectivity index is 2.74. The summed E-state index contributed by atoms with van der Waals surface area (Å²) in [5.41, 5.74) is 0.808. The fourth-order valence-electron chi connectivity index (χ4n) is 1.67. The number of carboxylic acids is 1. The largest absolute Gasteiger partial charge is 0.476 e. The molecule has 1 rings (SSSR count). The fraction of sp³-hybridized carbons (Fsp3) is 0.727. The molecule has 0 aliphatic heterocycles. The molecular formula is C11H19N3O2S. The third-order valence-electron chi connectivity index (χ3n) is 2.39. The van der Waals surface area contributed by atoms with Gasteiger partial charge in [-0.25, -0.2) is 9.48 Å². The van der Waals surface area contributed by atoms with Gasteiger partial charge in [0.05, 0.1) is 5.69 Å². The molecule has 0 radical (unpaired) electrons. The molecule has 1 N–H and O–H groups in total. The summed E-state index contributed by atoms with van der Waals surface area (Å²) in [4.78, 5) is 11.0. The molecule has 0 aliphatic rings. The van der Waals surface area contributed by atoms with Gasteiger partial charge in [0.25, 0.3) is 0 Å². The van der Waals surface area contributed by atoms with E-state index in [1.54, 1.807) is 4.68 Å². The third-order valence-corrected chi connectivity index (χ3v) is 3.37. The van der Waals surface area contributed by atoms with E-state index in [1.807, 2.05) is 25.6 Å². The maximum Gasteiger partial charge on any atom is 0.358 e. The van der Waals surface area contributed by atoms with Crippen LogP contribution in [-0.4, -0.2) is 37.6 Å². The number of aryl methyl sites for hydroxylation is 1. The van der Waals surface area contributed by atoms with Crippen LogP contribution in [0.5, 0.6) is 0 Å². The Morgan fingerprint density at radius 2 is 2.24 bits per heavy atom. The van der Waals surface area contributed by atoms with Crippen molar-refractivity contribution in [1.29, 1.82) is 0 Å². The maximum absolute atomic E-state index is 11.0. The zero-order valence-corrected chi connectivity index (χ0v) is 11.3. The summed E-state index contributed by atoms with van der Waals surface area (Å²) in [6, 6.07) is 0. The lowest BCUT2D eigenvalue weighted by molar-refractivity contribution is 0.0688. The van der Waals surface area contributed by atoms with Crippen molar-refractivity contribution < 1.29 is 9.90 Å². The fourth-order valence-corrected chi connectivity index (χ4v) is 2.29. The van der Waals surface area contributed by atoms with Crippen molar-refractivity contribution in [3.63, 3.8) is 0 Å². The first-order chi connectivity index (χ1) is 8.07. The molecule has 0 fully saturated rings. The molecule has 0 saturated heterocycles. The Labute approximate surface area is 106 Å². The lowest BCUT2D eigenvalue weighted by Gasteiger charge is -2.09. The van der Waals surface area contributed by atoms with Crippen molar-refractivity contribution in [3.8, 4) is 0 Å². The second-order valence-corrected chi connectivity index (χ2v) is 5.45. The van der Waals surface area contributed by atoms with Gasteiger partial charge in [-0.1, -0.05) is 26.0 Å². The van der Waals surface area contributed by atoms with E-state index in [-0.39, 0.29) is 11.6 Å². The number of carbonyl (C=O) groups is 1. The standard InChI is InChI=1S/C11H19N3O2S/c1-4-17-7-5-6-14-10(8(2)3)9(11(15)16)12-13-14/h8H,4-7H2,1-3H3,(H,15,16). The minimum Gasteiger partial charge on any atom is -0.476 e. The molecule has 0 bridgehead atoms. The van der Waals surface area contributed by atoms with Gasteiger partial charge in [0.2, 0.25) is 0 Å². The first-order valence-corrected chi connectivity index (χ1v) is 6.97. The van der Waals surface area contributed by atoms with E-state index < -0.39 is 5.97 Å². The molecule has 0 spiro atoms. The Hall–Kier alpha value is -1.04. The average molecular weight is 257 g/mol. The second kappa shape index (κ2) is 6.64. The average Bonchev–Trinajstić information content (AvgIpc) is 2.68. The summed E-state index contributed by atoms with van der Waals surface area (Å²) in [7, 11) is 0. The van der Waals surface area contributed by atoms with Crippen LogP contribution in [0.3, 0.4) is 0 Å². The van der Waals surface area contributed by atoms with Gasteiger partial charge in [0.15, 0.2) is 5.69 Å². The summed E-state index contributed by atoms with van der Waals surface area (Å²) in [6.07, 6.45) is 0.987. The molecule has 0 amide bonds. The maximum atomic E-state index is 11.0. The van der Waals surface area contributed by atoms with Gasteiger partial charge < -0.3 is 5.11 Å². The number of carboxylic acid groups (broad SMARTS) is 1. The lowest BCUT2D eigenvalue weighted by Crippen LogP contribution is -2.10. The highest BCUT2D eigenvalue weighted by molar-refractivity contribution is 7.99. The molecule has 5 nitrogen and oxygen atoms in total. The van der Waals surface area contributed by atoms with Crippen molar-refractivity contribution in [2.75, 3.05) is 11.5 Å². The molecule has 0 saturated carbocycles. The molecule has 0 aliphatic carbocycles. The quantitative estimate of drug-likeness (QED) is 0.759. The Morgan fingerprint density at radius 1 is 1.53 bits per heavy atom. The van der Waals surface area contributed by atoms with Crippen LogP contribution < -0.4 is 0 Å². The van der Waals surface area contributed by atoms with Gasteiger partial charge in [0.1, 0.15) is 0 Å². The summed E-state index contributed by atoms with van der Waals surface area (Å²) in [5, 5.41) is 16.7. The molecule has 1 aromatic rings. The predicted octanol–water partition coefficient (Wildman–Crippen LogP) is 2.24. The van der Waals surface area contributed by atoms with Gasteiger partial charge >= 0.3 is 5.97 Å². The number of aromatic nitrogens is 3.